The Morgan fingerprint density at radius 3 is 2.65 bits per heavy atom. The van der Waals surface area contributed by atoms with Gasteiger partial charge in [0.05, 0.1) is 11.4 Å². The molecule has 1 amide bonds. The van der Waals surface area contributed by atoms with Crippen LogP contribution in [0.4, 0.5) is 5.69 Å². The van der Waals surface area contributed by atoms with Gasteiger partial charge in [-0.25, -0.2) is 0 Å². The van der Waals surface area contributed by atoms with Gasteiger partial charge in [0.2, 0.25) is 0 Å². The third-order valence-corrected chi connectivity index (χ3v) is 8.47. The SMILES string of the molecule is Cc1cc(NC(=O)c2cc(Oc3cc(-c4ccsc4)nc4c3C=CC4)ccc2C)ccc1CN1CCN(C)CC1. The molecule has 0 saturated carbocycles. The van der Waals surface area contributed by atoms with Crippen molar-refractivity contribution in [1.82, 2.24) is 14.8 Å². The molecule has 1 aliphatic heterocycles. The molecule has 7 heteroatoms. The summed E-state index contributed by atoms with van der Waals surface area (Å²) in [6, 6.07) is 15.9. The van der Waals surface area contributed by atoms with E-state index in [9.17, 15) is 4.79 Å². The molecule has 2 aromatic heterocycles. The Labute approximate surface area is 239 Å². The van der Waals surface area contributed by atoms with Gasteiger partial charge in [0.25, 0.3) is 5.91 Å². The summed E-state index contributed by atoms with van der Waals surface area (Å²) in [7, 11) is 2.17. The molecule has 0 bridgehead atoms. The molecule has 6 nitrogen and oxygen atoms in total. The molecule has 1 aliphatic carbocycles. The molecule has 3 heterocycles. The number of piperazine rings is 1. The van der Waals surface area contributed by atoms with Gasteiger partial charge < -0.3 is 15.0 Å². The zero-order valence-corrected chi connectivity index (χ0v) is 24.1. The zero-order chi connectivity index (χ0) is 27.6. The lowest BCUT2D eigenvalue weighted by atomic mass is 10.1. The average molecular weight is 551 g/mol. The molecule has 0 atom stereocenters. The maximum Gasteiger partial charge on any atom is 0.256 e. The molecule has 1 saturated heterocycles. The quantitative estimate of drug-likeness (QED) is 0.275. The summed E-state index contributed by atoms with van der Waals surface area (Å²) >= 11 is 1.65. The fraction of sp³-hybridized carbons (Fsp3) is 0.273. The zero-order valence-electron chi connectivity index (χ0n) is 23.2. The number of benzene rings is 2. The summed E-state index contributed by atoms with van der Waals surface area (Å²) in [6.07, 6.45) is 4.96. The summed E-state index contributed by atoms with van der Waals surface area (Å²) in [5.74, 6) is 1.23. The number of likely N-dealkylation sites (N-methyl/N-ethyl adjacent to an activating group) is 1. The molecule has 204 valence electrons. The maximum absolute atomic E-state index is 13.4. The monoisotopic (exact) mass is 550 g/mol. The topological polar surface area (TPSA) is 57.7 Å². The standard InChI is InChI=1S/C33H34N4O2S/c1-22-7-10-27(39-32-19-31(25-11-16-40-21-25)35-30-6-4-5-28(30)32)18-29(22)33(38)34-26-9-8-24(23(2)17-26)20-37-14-12-36(3)13-15-37/h4-5,7-11,16-19,21H,6,12-15,20H2,1-3H3,(H,34,38). The van der Waals surface area contributed by atoms with Crippen LogP contribution in [0.25, 0.3) is 17.3 Å². The Kier molecular flexibility index (Phi) is 7.52. The first-order valence-electron chi connectivity index (χ1n) is 13.8. The van der Waals surface area contributed by atoms with Crippen LogP contribution in [0.1, 0.15) is 38.3 Å². The van der Waals surface area contributed by atoms with Gasteiger partial charge in [-0.1, -0.05) is 24.3 Å². The van der Waals surface area contributed by atoms with Gasteiger partial charge in [0.1, 0.15) is 11.5 Å². The lowest BCUT2D eigenvalue weighted by molar-refractivity contribution is 0.102. The van der Waals surface area contributed by atoms with Crippen LogP contribution >= 0.6 is 11.3 Å². The summed E-state index contributed by atoms with van der Waals surface area (Å²) in [5, 5.41) is 7.25. The second kappa shape index (κ2) is 11.4. The Hall–Kier alpha value is -3.78. The lowest BCUT2D eigenvalue weighted by Gasteiger charge is -2.32. The van der Waals surface area contributed by atoms with Crippen molar-refractivity contribution in [2.24, 2.45) is 0 Å². The Morgan fingerprint density at radius 2 is 1.88 bits per heavy atom. The molecular weight excluding hydrogens is 516 g/mol. The van der Waals surface area contributed by atoms with Crippen molar-refractivity contribution in [2.75, 3.05) is 38.5 Å². The van der Waals surface area contributed by atoms with Crippen LogP contribution in [-0.2, 0) is 13.0 Å². The molecule has 40 heavy (non-hydrogen) atoms. The van der Waals surface area contributed by atoms with Crippen molar-refractivity contribution in [1.29, 1.82) is 0 Å². The van der Waals surface area contributed by atoms with Crippen LogP contribution in [0.15, 0.2) is 65.4 Å². The number of fused-ring (bicyclic) bond motifs is 1. The van der Waals surface area contributed by atoms with Crippen molar-refractivity contribution in [2.45, 2.75) is 26.8 Å². The minimum absolute atomic E-state index is 0.145. The number of pyridine rings is 1. The molecule has 0 radical (unpaired) electrons. The van der Waals surface area contributed by atoms with Gasteiger partial charge in [-0.3, -0.25) is 14.7 Å². The van der Waals surface area contributed by atoms with Gasteiger partial charge >= 0.3 is 0 Å². The molecule has 1 fully saturated rings. The first kappa shape index (κ1) is 26.4. The number of nitrogens with zero attached hydrogens (tertiary/aromatic N) is 3. The largest absolute Gasteiger partial charge is 0.457 e. The number of carbonyl (C=O) groups is 1. The molecule has 2 aliphatic rings. The number of carbonyl (C=O) groups excluding carboxylic acids is 1. The number of nitrogens with one attached hydrogen (secondary N) is 1. The van der Waals surface area contributed by atoms with E-state index in [0.29, 0.717) is 11.3 Å². The van der Waals surface area contributed by atoms with Crippen LogP contribution in [0.3, 0.4) is 0 Å². The van der Waals surface area contributed by atoms with E-state index in [0.717, 1.165) is 78.7 Å². The van der Waals surface area contributed by atoms with E-state index in [2.05, 4.69) is 70.2 Å². The van der Waals surface area contributed by atoms with Crippen molar-refractivity contribution < 1.29 is 9.53 Å². The summed E-state index contributed by atoms with van der Waals surface area (Å²) in [4.78, 5) is 23.1. The van der Waals surface area contributed by atoms with Crippen molar-refractivity contribution in [3.05, 3.63) is 98.9 Å². The van der Waals surface area contributed by atoms with Crippen LogP contribution in [0, 0.1) is 13.8 Å². The first-order chi connectivity index (χ1) is 19.4. The predicted molar refractivity (Wildman–Crippen MR) is 163 cm³/mol. The van der Waals surface area contributed by atoms with E-state index in [1.165, 1.54) is 11.1 Å². The first-order valence-corrected chi connectivity index (χ1v) is 14.7. The van der Waals surface area contributed by atoms with Crippen LogP contribution in [0.2, 0.25) is 0 Å². The smallest absolute Gasteiger partial charge is 0.256 e. The molecular formula is C33H34N4O2S. The molecule has 6 rings (SSSR count). The number of hydrogen-bond donors (Lipinski definition) is 1. The Bertz CT molecular complexity index is 1570. The van der Waals surface area contributed by atoms with E-state index in [1.54, 1.807) is 11.3 Å². The molecule has 4 aromatic rings. The highest BCUT2D eigenvalue weighted by Crippen LogP contribution is 2.36. The van der Waals surface area contributed by atoms with E-state index in [1.807, 2.05) is 37.3 Å². The summed E-state index contributed by atoms with van der Waals surface area (Å²) < 4.78 is 6.39. The van der Waals surface area contributed by atoms with E-state index in [-0.39, 0.29) is 5.91 Å². The van der Waals surface area contributed by atoms with Gasteiger partial charge in [0.15, 0.2) is 0 Å². The number of ether oxygens (including phenoxy) is 1. The van der Waals surface area contributed by atoms with Crippen LogP contribution in [-0.4, -0.2) is 53.9 Å². The number of allylic oxidation sites excluding steroid dienone is 1. The molecule has 1 N–H and O–H groups in total. The fourth-order valence-electron chi connectivity index (χ4n) is 5.28. The Morgan fingerprint density at radius 1 is 1.02 bits per heavy atom. The van der Waals surface area contributed by atoms with Crippen molar-refractivity contribution in [3.63, 3.8) is 0 Å². The number of thiophene rings is 1. The van der Waals surface area contributed by atoms with E-state index in [4.69, 9.17) is 9.72 Å². The minimum Gasteiger partial charge on any atom is -0.457 e. The number of amides is 1. The third-order valence-electron chi connectivity index (χ3n) is 7.78. The van der Waals surface area contributed by atoms with Crippen LogP contribution in [0.5, 0.6) is 11.5 Å². The number of aryl methyl sites for hydroxylation is 2. The van der Waals surface area contributed by atoms with E-state index >= 15 is 0 Å². The van der Waals surface area contributed by atoms with Gasteiger partial charge in [-0.05, 0) is 73.3 Å². The number of hydrogen-bond acceptors (Lipinski definition) is 6. The van der Waals surface area contributed by atoms with Gasteiger partial charge in [-0.15, -0.1) is 0 Å². The number of rotatable bonds is 7. The fourth-order valence-corrected chi connectivity index (χ4v) is 5.93. The number of aromatic nitrogens is 1. The van der Waals surface area contributed by atoms with Gasteiger partial charge in [-0.2, -0.15) is 11.3 Å². The normalized spacial score (nSPS) is 15.3. The lowest BCUT2D eigenvalue weighted by Crippen LogP contribution is -2.43. The van der Waals surface area contributed by atoms with Crippen molar-refractivity contribution >= 4 is 29.0 Å². The summed E-state index contributed by atoms with van der Waals surface area (Å²) in [6.45, 7) is 9.38. The molecule has 0 spiro atoms. The highest BCUT2D eigenvalue weighted by atomic mass is 32.1. The summed E-state index contributed by atoms with van der Waals surface area (Å²) in [5.41, 5.74) is 8.76. The number of anilines is 1. The van der Waals surface area contributed by atoms with E-state index < -0.39 is 0 Å². The average Bonchev–Trinajstić information content (AvgIpc) is 3.65. The Balaban J connectivity index is 1.18. The predicted octanol–water partition coefficient (Wildman–Crippen LogP) is 6.79. The van der Waals surface area contributed by atoms with Crippen molar-refractivity contribution in [3.8, 4) is 22.8 Å². The third kappa shape index (κ3) is 5.72. The highest BCUT2D eigenvalue weighted by molar-refractivity contribution is 7.08. The second-order valence-electron chi connectivity index (χ2n) is 10.7. The van der Waals surface area contributed by atoms with Gasteiger partial charge in [0, 0.05) is 73.0 Å². The highest BCUT2D eigenvalue weighted by Gasteiger charge is 2.19. The minimum atomic E-state index is -0.145. The molecule has 0 unspecified atom stereocenters. The molecule has 2 aromatic carbocycles. The maximum atomic E-state index is 13.4. The second-order valence-corrected chi connectivity index (χ2v) is 11.5. The van der Waals surface area contributed by atoms with Crippen LogP contribution < -0.4 is 10.1 Å².